The van der Waals surface area contributed by atoms with E-state index in [-0.39, 0.29) is 24.3 Å². The third kappa shape index (κ3) is 5.60. The number of aromatic nitrogens is 2. The van der Waals surface area contributed by atoms with E-state index in [0.717, 1.165) is 33.4 Å². The van der Waals surface area contributed by atoms with Crippen molar-refractivity contribution in [3.8, 4) is 11.1 Å². The number of pyridine rings is 1. The molecule has 2 N–H and O–H groups in total. The second-order valence-corrected chi connectivity index (χ2v) is 10.6. The molecule has 1 aliphatic heterocycles. The van der Waals surface area contributed by atoms with Crippen LogP contribution in [0, 0.1) is 5.82 Å². The predicted octanol–water partition coefficient (Wildman–Crippen LogP) is 5.84. The smallest absolute Gasteiger partial charge is 0.407 e. The predicted molar refractivity (Wildman–Crippen MR) is 154 cm³/mol. The van der Waals surface area contributed by atoms with Gasteiger partial charge in [0, 0.05) is 67.1 Å². The monoisotopic (exact) mass is 563 g/mol. The number of halogens is 2. The molecule has 2 amide bonds. The maximum atomic E-state index is 13.9. The fraction of sp³-hybridized carbons (Fsp3) is 0.300. The standard InChI is InChI=1S/C30H31ClFN5O3/c1-19(2)37(30(39)40)18-26(21-3-7-22(31)8-4-21)29(38)36-15-13-35(14-16-36)27-24-11-12-33-28(24)34-17-25(27)20-5-9-23(32)10-6-20/h3-12,17,19,26H,13-16,18H2,1-2H3,(H,33,34)(H,39,40). The molecule has 0 aliphatic carbocycles. The molecule has 1 fully saturated rings. The summed E-state index contributed by atoms with van der Waals surface area (Å²) in [6, 6.07) is 15.1. The fourth-order valence-electron chi connectivity index (χ4n) is 5.27. The van der Waals surface area contributed by atoms with Crippen molar-refractivity contribution >= 4 is 40.3 Å². The molecule has 1 aliphatic rings. The maximum Gasteiger partial charge on any atom is 0.407 e. The first kappa shape index (κ1) is 27.5. The summed E-state index contributed by atoms with van der Waals surface area (Å²) in [7, 11) is 0. The number of nitrogens with zero attached hydrogens (tertiary/aromatic N) is 4. The number of H-pyrrole nitrogens is 1. The minimum Gasteiger partial charge on any atom is -0.465 e. The summed E-state index contributed by atoms with van der Waals surface area (Å²) < 4.78 is 13.6. The summed E-state index contributed by atoms with van der Waals surface area (Å²) in [5, 5.41) is 11.3. The average molecular weight is 564 g/mol. The lowest BCUT2D eigenvalue weighted by atomic mass is 9.95. The number of benzene rings is 2. The zero-order valence-corrected chi connectivity index (χ0v) is 23.1. The van der Waals surface area contributed by atoms with Crippen LogP contribution in [0.4, 0.5) is 14.9 Å². The van der Waals surface area contributed by atoms with Crippen LogP contribution < -0.4 is 4.90 Å². The molecule has 10 heteroatoms. The van der Waals surface area contributed by atoms with E-state index in [2.05, 4.69) is 14.9 Å². The summed E-state index contributed by atoms with van der Waals surface area (Å²) >= 11 is 6.09. The van der Waals surface area contributed by atoms with Crippen LogP contribution >= 0.6 is 11.6 Å². The van der Waals surface area contributed by atoms with Crippen molar-refractivity contribution in [2.75, 3.05) is 37.6 Å². The van der Waals surface area contributed by atoms with Gasteiger partial charge in [-0.15, -0.1) is 0 Å². The highest BCUT2D eigenvalue weighted by atomic mass is 35.5. The summed E-state index contributed by atoms with van der Waals surface area (Å²) in [5.41, 5.74) is 4.21. The molecule has 1 saturated heterocycles. The van der Waals surface area contributed by atoms with Crippen LogP contribution in [0.25, 0.3) is 22.2 Å². The molecule has 208 valence electrons. The number of aromatic amines is 1. The van der Waals surface area contributed by atoms with Gasteiger partial charge in [0.2, 0.25) is 5.91 Å². The van der Waals surface area contributed by atoms with Crippen molar-refractivity contribution in [3.05, 3.63) is 83.4 Å². The van der Waals surface area contributed by atoms with Crippen LogP contribution in [0.2, 0.25) is 5.02 Å². The van der Waals surface area contributed by atoms with E-state index >= 15 is 0 Å². The van der Waals surface area contributed by atoms with E-state index in [0.29, 0.717) is 31.2 Å². The van der Waals surface area contributed by atoms with Crippen LogP contribution in [0.5, 0.6) is 0 Å². The molecule has 0 radical (unpaired) electrons. The highest BCUT2D eigenvalue weighted by molar-refractivity contribution is 6.30. The summed E-state index contributed by atoms with van der Waals surface area (Å²) in [6.45, 7) is 5.73. The Hall–Kier alpha value is -4.11. The van der Waals surface area contributed by atoms with E-state index in [4.69, 9.17) is 11.6 Å². The highest BCUT2D eigenvalue weighted by Crippen LogP contribution is 2.37. The molecule has 0 saturated carbocycles. The topological polar surface area (TPSA) is 92.8 Å². The van der Waals surface area contributed by atoms with Crippen molar-refractivity contribution in [2.45, 2.75) is 25.8 Å². The number of amides is 2. The number of anilines is 1. The fourth-order valence-corrected chi connectivity index (χ4v) is 5.40. The first-order valence-corrected chi connectivity index (χ1v) is 13.6. The molecule has 0 spiro atoms. The molecular formula is C30H31ClFN5O3. The van der Waals surface area contributed by atoms with Crippen LogP contribution in [0.3, 0.4) is 0 Å². The quantitative estimate of drug-likeness (QED) is 0.294. The van der Waals surface area contributed by atoms with Gasteiger partial charge in [-0.1, -0.05) is 35.9 Å². The number of hydrogen-bond acceptors (Lipinski definition) is 4. The molecule has 3 heterocycles. The summed E-state index contributed by atoms with van der Waals surface area (Å²) in [4.78, 5) is 38.9. The van der Waals surface area contributed by atoms with Gasteiger partial charge in [0.15, 0.2) is 0 Å². The molecule has 40 heavy (non-hydrogen) atoms. The third-order valence-electron chi connectivity index (χ3n) is 7.44. The van der Waals surface area contributed by atoms with E-state index in [1.54, 1.807) is 56.4 Å². The van der Waals surface area contributed by atoms with Crippen molar-refractivity contribution in [1.82, 2.24) is 19.8 Å². The normalized spacial score (nSPS) is 14.5. The van der Waals surface area contributed by atoms with Gasteiger partial charge < -0.3 is 24.8 Å². The number of carbonyl (C=O) groups is 2. The molecule has 2 aromatic heterocycles. The molecule has 8 nitrogen and oxygen atoms in total. The SMILES string of the molecule is CC(C)N(CC(C(=O)N1CCN(c2c(-c3ccc(F)cc3)cnc3[nH]ccc23)CC1)c1ccc(Cl)cc1)C(=O)O. The average Bonchev–Trinajstić information content (AvgIpc) is 3.43. The minimum absolute atomic E-state index is 0.0523. The number of carbonyl (C=O) groups excluding carboxylic acids is 1. The second kappa shape index (κ2) is 11.6. The number of fused-ring (bicyclic) bond motifs is 1. The minimum atomic E-state index is -1.06. The molecule has 2 aromatic carbocycles. The first-order chi connectivity index (χ1) is 19.2. The summed E-state index contributed by atoms with van der Waals surface area (Å²) in [5.74, 6) is -1.08. The van der Waals surface area contributed by atoms with Crippen LogP contribution in [-0.2, 0) is 4.79 Å². The number of piperazine rings is 1. The van der Waals surface area contributed by atoms with Gasteiger partial charge >= 0.3 is 6.09 Å². The van der Waals surface area contributed by atoms with E-state index in [1.165, 1.54) is 17.0 Å². The van der Waals surface area contributed by atoms with Crippen molar-refractivity contribution in [1.29, 1.82) is 0 Å². The van der Waals surface area contributed by atoms with E-state index < -0.39 is 12.0 Å². The number of hydrogen-bond donors (Lipinski definition) is 2. The maximum absolute atomic E-state index is 13.9. The Kier molecular flexibility index (Phi) is 7.93. The molecular weight excluding hydrogens is 533 g/mol. The lowest BCUT2D eigenvalue weighted by molar-refractivity contribution is -0.133. The Bertz CT molecular complexity index is 1500. The molecule has 1 atom stereocenters. The van der Waals surface area contributed by atoms with E-state index in [9.17, 15) is 19.1 Å². The van der Waals surface area contributed by atoms with Gasteiger partial charge in [0.1, 0.15) is 11.5 Å². The zero-order valence-electron chi connectivity index (χ0n) is 22.3. The van der Waals surface area contributed by atoms with Crippen LogP contribution in [0.15, 0.2) is 67.0 Å². The summed E-state index contributed by atoms with van der Waals surface area (Å²) in [6.07, 6.45) is 2.57. The lowest BCUT2D eigenvalue weighted by Crippen LogP contribution is -2.52. The van der Waals surface area contributed by atoms with Gasteiger partial charge in [-0.3, -0.25) is 4.79 Å². The number of carboxylic acid groups (broad SMARTS) is 1. The van der Waals surface area contributed by atoms with Crippen molar-refractivity contribution in [3.63, 3.8) is 0 Å². The molecule has 0 bridgehead atoms. The van der Waals surface area contributed by atoms with Crippen molar-refractivity contribution in [2.24, 2.45) is 0 Å². The largest absolute Gasteiger partial charge is 0.465 e. The lowest BCUT2D eigenvalue weighted by Gasteiger charge is -2.39. The number of rotatable bonds is 7. The Labute approximate surface area is 237 Å². The highest BCUT2D eigenvalue weighted by Gasteiger charge is 2.33. The van der Waals surface area contributed by atoms with Crippen LogP contribution in [-0.4, -0.2) is 75.6 Å². The van der Waals surface area contributed by atoms with Gasteiger partial charge in [0.25, 0.3) is 0 Å². The zero-order chi connectivity index (χ0) is 28.4. The first-order valence-electron chi connectivity index (χ1n) is 13.2. The Balaban J connectivity index is 1.40. The molecule has 1 unspecified atom stereocenters. The Morgan fingerprint density at radius 1 is 1.05 bits per heavy atom. The van der Waals surface area contributed by atoms with Gasteiger partial charge in [-0.2, -0.15) is 0 Å². The van der Waals surface area contributed by atoms with Crippen molar-refractivity contribution < 1.29 is 19.1 Å². The molecule has 4 aromatic rings. The molecule has 5 rings (SSSR count). The third-order valence-corrected chi connectivity index (χ3v) is 7.69. The van der Waals surface area contributed by atoms with Crippen LogP contribution in [0.1, 0.15) is 25.3 Å². The van der Waals surface area contributed by atoms with Gasteiger partial charge in [-0.05, 0) is 55.3 Å². The van der Waals surface area contributed by atoms with Gasteiger partial charge in [-0.25, -0.2) is 14.2 Å². The second-order valence-electron chi connectivity index (χ2n) is 10.2. The van der Waals surface area contributed by atoms with Gasteiger partial charge in [0.05, 0.1) is 11.6 Å². The van der Waals surface area contributed by atoms with E-state index in [1.807, 2.05) is 17.2 Å². The number of nitrogens with one attached hydrogen (secondary N) is 1. The Morgan fingerprint density at radius 2 is 1.73 bits per heavy atom. The Morgan fingerprint density at radius 3 is 2.35 bits per heavy atom.